The van der Waals surface area contributed by atoms with Crippen LogP contribution in [0.5, 0.6) is 11.5 Å². The second-order valence-electron chi connectivity index (χ2n) is 5.97. The van der Waals surface area contributed by atoms with Gasteiger partial charge in [-0.1, -0.05) is 6.07 Å². The molecule has 0 aliphatic rings. The minimum Gasteiger partial charge on any atom is -0.490 e. The first kappa shape index (κ1) is 27.7. The number of nitrogens with one attached hydrogen (secondary N) is 3. The monoisotopic (exact) mass is 542 g/mol. The number of benzene rings is 1. The van der Waals surface area contributed by atoms with E-state index >= 15 is 0 Å². The maximum absolute atomic E-state index is 11.4. The summed E-state index contributed by atoms with van der Waals surface area (Å²) in [7, 11) is -1.42. The van der Waals surface area contributed by atoms with Gasteiger partial charge in [-0.15, -0.1) is 24.0 Å². The van der Waals surface area contributed by atoms with Gasteiger partial charge < -0.3 is 20.1 Å². The molecule has 168 valence electrons. The quantitative estimate of drug-likeness (QED) is 0.153. The fraction of sp³-hybridized carbons (Fsp3) is 0.632. The second kappa shape index (κ2) is 15.6. The largest absolute Gasteiger partial charge is 0.490 e. The van der Waals surface area contributed by atoms with Gasteiger partial charge in [0.25, 0.3) is 0 Å². The summed E-state index contributed by atoms with van der Waals surface area (Å²) in [4.78, 5) is 4.18. The van der Waals surface area contributed by atoms with E-state index in [1.54, 1.807) is 14.0 Å². The minimum atomic E-state index is -3.13. The van der Waals surface area contributed by atoms with Gasteiger partial charge in [-0.2, -0.15) is 0 Å². The predicted molar refractivity (Wildman–Crippen MR) is 129 cm³/mol. The zero-order valence-corrected chi connectivity index (χ0v) is 20.9. The smallest absolute Gasteiger partial charge is 0.211 e. The van der Waals surface area contributed by atoms with Crippen molar-refractivity contribution in [2.24, 2.45) is 4.99 Å². The predicted octanol–water partition coefficient (Wildman–Crippen LogP) is 2.14. The van der Waals surface area contributed by atoms with Gasteiger partial charge in [0, 0.05) is 26.7 Å². The van der Waals surface area contributed by atoms with E-state index < -0.39 is 10.0 Å². The summed E-state index contributed by atoms with van der Waals surface area (Å²) >= 11 is 0. The number of hydrogen-bond acceptors (Lipinski definition) is 5. The first-order valence-electron chi connectivity index (χ1n) is 9.76. The molecule has 0 aliphatic heterocycles. The fourth-order valence-electron chi connectivity index (χ4n) is 2.42. The van der Waals surface area contributed by atoms with Crippen molar-refractivity contribution >= 4 is 40.0 Å². The summed E-state index contributed by atoms with van der Waals surface area (Å²) in [5.41, 5.74) is 1.14. The third-order valence-electron chi connectivity index (χ3n) is 3.89. The molecule has 0 saturated heterocycles. The van der Waals surface area contributed by atoms with E-state index in [4.69, 9.17) is 9.47 Å². The van der Waals surface area contributed by atoms with Crippen molar-refractivity contribution in [2.45, 2.75) is 33.6 Å². The first-order chi connectivity index (χ1) is 13.5. The van der Waals surface area contributed by atoms with Crippen LogP contribution in [0.3, 0.4) is 0 Å². The molecule has 29 heavy (non-hydrogen) atoms. The molecule has 0 bridgehead atoms. The number of hydrogen-bond donors (Lipinski definition) is 3. The Morgan fingerprint density at radius 3 is 2.28 bits per heavy atom. The maximum atomic E-state index is 11.4. The van der Waals surface area contributed by atoms with Crippen LogP contribution in [-0.4, -0.2) is 60.0 Å². The number of halogens is 1. The minimum absolute atomic E-state index is 0. The molecule has 0 aromatic heterocycles. The van der Waals surface area contributed by atoms with Gasteiger partial charge in [-0.05, 0) is 51.3 Å². The van der Waals surface area contributed by atoms with Gasteiger partial charge in [0.2, 0.25) is 10.0 Å². The molecule has 1 aromatic carbocycles. The highest BCUT2D eigenvalue weighted by Crippen LogP contribution is 2.28. The van der Waals surface area contributed by atoms with Crippen molar-refractivity contribution in [3.8, 4) is 11.5 Å². The van der Waals surface area contributed by atoms with Gasteiger partial charge >= 0.3 is 0 Å². The SMILES string of the molecule is CCOc1ccc(CCNC(=NC)NCCCNS(=O)(=O)CC)cc1OCC.I. The zero-order chi connectivity index (χ0) is 20.8. The van der Waals surface area contributed by atoms with Gasteiger partial charge in [0.1, 0.15) is 0 Å². The van der Waals surface area contributed by atoms with Crippen LogP contribution in [0.2, 0.25) is 0 Å². The number of guanidine groups is 1. The lowest BCUT2D eigenvalue weighted by molar-refractivity contribution is 0.287. The van der Waals surface area contributed by atoms with E-state index in [1.807, 2.05) is 32.0 Å². The van der Waals surface area contributed by atoms with Crippen LogP contribution >= 0.6 is 24.0 Å². The highest BCUT2D eigenvalue weighted by molar-refractivity contribution is 14.0. The summed E-state index contributed by atoms with van der Waals surface area (Å²) in [5.74, 6) is 2.31. The van der Waals surface area contributed by atoms with Crippen LogP contribution in [0.25, 0.3) is 0 Å². The highest BCUT2D eigenvalue weighted by Gasteiger charge is 2.07. The first-order valence-corrected chi connectivity index (χ1v) is 11.4. The molecule has 0 unspecified atom stereocenters. The van der Waals surface area contributed by atoms with Crippen molar-refractivity contribution in [3.63, 3.8) is 0 Å². The molecular weight excluding hydrogens is 507 g/mol. The lowest BCUT2D eigenvalue weighted by Gasteiger charge is -2.14. The molecule has 0 spiro atoms. The Kier molecular flexibility index (Phi) is 14.9. The Morgan fingerprint density at radius 2 is 1.66 bits per heavy atom. The van der Waals surface area contributed by atoms with Crippen LogP contribution in [0.1, 0.15) is 32.8 Å². The Morgan fingerprint density at radius 1 is 1.00 bits per heavy atom. The molecule has 1 aromatic rings. The lowest BCUT2D eigenvalue weighted by Crippen LogP contribution is -2.39. The molecule has 0 radical (unpaired) electrons. The molecule has 1 rings (SSSR count). The number of sulfonamides is 1. The third-order valence-corrected chi connectivity index (χ3v) is 5.29. The van der Waals surface area contributed by atoms with Crippen molar-refractivity contribution in [1.82, 2.24) is 15.4 Å². The molecule has 3 N–H and O–H groups in total. The topological polar surface area (TPSA) is 101 Å². The number of aliphatic imine (C=N–C) groups is 1. The van der Waals surface area contributed by atoms with E-state index in [9.17, 15) is 8.42 Å². The molecule has 8 nitrogen and oxygen atoms in total. The fourth-order valence-corrected chi connectivity index (χ4v) is 3.08. The summed E-state index contributed by atoms with van der Waals surface area (Å²) in [5, 5.41) is 6.43. The molecule has 0 saturated carbocycles. The Hall–Kier alpha value is -1.27. The normalized spacial score (nSPS) is 11.5. The van der Waals surface area contributed by atoms with Crippen LogP contribution in [0.4, 0.5) is 0 Å². The van der Waals surface area contributed by atoms with E-state index in [0.29, 0.717) is 45.2 Å². The van der Waals surface area contributed by atoms with E-state index in [1.165, 1.54) is 0 Å². The Labute approximate surface area is 192 Å². The lowest BCUT2D eigenvalue weighted by atomic mass is 10.1. The molecule has 0 amide bonds. The summed E-state index contributed by atoms with van der Waals surface area (Å²) < 4.78 is 36.5. The summed E-state index contributed by atoms with van der Waals surface area (Å²) in [6, 6.07) is 5.98. The molecule has 0 fully saturated rings. The van der Waals surface area contributed by atoms with E-state index in [2.05, 4.69) is 20.3 Å². The van der Waals surface area contributed by atoms with Crippen LogP contribution in [0, 0.1) is 0 Å². The van der Waals surface area contributed by atoms with E-state index in [0.717, 1.165) is 23.5 Å². The van der Waals surface area contributed by atoms with Crippen LogP contribution < -0.4 is 24.8 Å². The van der Waals surface area contributed by atoms with Gasteiger partial charge in [-0.3, -0.25) is 4.99 Å². The summed E-state index contributed by atoms with van der Waals surface area (Å²) in [6.45, 7) is 8.46. The number of nitrogens with zero attached hydrogens (tertiary/aromatic N) is 1. The Balaban J connectivity index is 0.00000784. The second-order valence-corrected chi connectivity index (χ2v) is 8.07. The van der Waals surface area contributed by atoms with Crippen molar-refractivity contribution < 1.29 is 17.9 Å². The van der Waals surface area contributed by atoms with E-state index in [-0.39, 0.29) is 29.7 Å². The van der Waals surface area contributed by atoms with Gasteiger partial charge in [0.05, 0.1) is 19.0 Å². The molecular formula is C19H35IN4O4S. The third kappa shape index (κ3) is 11.5. The summed E-state index contributed by atoms with van der Waals surface area (Å²) in [6.07, 6.45) is 1.49. The van der Waals surface area contributed by atoms with Crippen molar-refractivity contribution in [2.75, 3.05) is 45.6 Å². The average Bonchev–Trinajstić information content (AvgIpc) is 2.68. The number of ether oxygens (including phenoxy) is 2. The molecule has 0 heterocycles. The molecule has 0 aliphatic carbocycles. The highest BCUT2D eigenvalue weighted by atomic mass is 127. The van der Waals surface area contributed by atoms with Gasteiger partial charge in [-0.25, -0.2) is 13.1 Å². The standard InChI is InChI=1S/C19H34N4O4S.HI/c1-5-26-17-10-9-16(15-18(17)27-6-2)11-14-22-19(20-4)21-12-8-13-23-28(24,25)7-3;/h9-10,15,23H,5-8,11-14H2,1-4H3,(H2,20,21,22);1H. The Bertz CT molecular complexity index is 714. The average molecular weight is 542 g/mol. The number of rotatable bonds is 13. The van der Waals surface area contributed by atoms with Crippen molar-refractivity contribution in [3.05, 3.63) is 23.8 Å². The zero-order valence-electron chi connectivity index (χ0n) is 17.8. The van der Waals surface area contributed by atoms with Crippen molar-refractivity contribution in [1.29, 1.82) is 0 Å². The molecule has 10 heteroatoms. The van der Waals surface area contributed by atoms with Gasteiger partial charge in [0.15, 0.2) is 17.5 Å². The molecule has 0 atom stereocenters. The van der Waals surface area contributed by atoms with Crippen LogP contribution in [0.15, 0.2) is 23.2 Å². The van der Waals surface area contributed by atoms with Crippen LogP contribution in [-0.2, 0) is 16.4 Å². The maximum Gasteiger partial charge on any atom is 0.211 e.